The van der Waals surface area contributed by atoms with Crippen molar-refractivity contribution in [1.29, 1.82) is 0 Å². The van der Waals surface area contributed by atoms with E-state index in [1.54, 1.807) is 6.08 Å². The van der Waals surface area contributed by atoms with Gasteiger partial charge in [0.2, 0.25) is 5.91 Å². The van der Waals surface area contributed by atoms with Gasteiger partial charge in [-0.05, 0) is 38.3 Å². The van der Waals surface area contributed by atoms with E-state index >= 15 is 0 Å². The number of hydrogen-bond donors (Lipinski definition) is 1. The van der Waals surface area contributed by atoms with Crippen molar-refractivity contribution in [3.63, 3.8) is 0 Å². The van der Waals surface area contributed by atoms with Crippen LogP contribution in [0.3, 0.4) is 0 Å². The molecule has 0 bridgehead atoms. The summed E-state index contributed by atoms with van der Waals surface area (Å²) in [5.41, 5.74) is 6.69. The zero-order valence-corrected chi connectivity index (χ0v) is 13.8. The molecule has 0 aliphatic carbocycles. The molecule has 1 aromatic rings. The molecule has 1 heterocycles. The van der Waals surface area contributed by atoms with Crippen LogP contribution in [0.1, 0.15) is 31.7 Å². The van der Waals surface area contributed by atoms with E-state index in [4.69, 9.17) is 10.5 Å². The zero-order valence-electron chi connectivity index (χ0n) is 13.0. The third kappa shape index (κ3) is 4.75. The molecule has 1 amide bonds. The number of ether oxygens (including phenoxy) is 1. The highest BCUT2D eigenvalue weighted by molar-refractivity contribution is 5.92. The second-order valence-corrected chi connectivity index (χ2v) is 5.22. The van der Waals surface area contributed by atoms with Gasteiger partial charge in [-0.3, -0.25) is 4.79 Å². The van der Waals surface area contributed by atoms with Crippen molar-refractivity contribution in [1.82, 2.24) is 4.90 Å². The van der Waals surface area contributed by atoms with Crippen molar-refractivity contribution in [2.24, 2.45) is 5.73 Å². The van der Waals surface area contributed by atoms with Gasteiger partial charge in [-0.1, -0.05) is 18.2 Å². The minimum Gasteiger partial charge on any atom is -0.493 e. The topological polar surface area (TPSA) is 55.6 Å². The van der Waals surface area contributed by atoms with Crippen LogP contribution in [0.4, 0.5) is 0 Å². The predicted octanol–water partition coefficient (Wildman–Crippen LogP) is 2.86. The van der Waals surface area contributed by atoms with Gasteiger partial charge in [-0.2, -0.15) is 0 Å². The van der Waals surface area contributed by atoms with Gasteiger partial charge in [-0.15, -0.1) is 12.4 Å². The van der Waals surface area contributed by atoms with Crippen molar-refractivity contribution < 1.29 is 9.53 Å². The second kappa shape index (κ2) is 9.49. The summed E-state index contributed by atoms with van der Waals surface area (Å²) >= 11 is 0. The molecule has 1 saturated heterocycles. The van der Waals surface area contributed by atoms with Crippen LogP contribution in [-0.4, -0.2) is 36.5 Å². The smallest absolute Gasteiger partial charge is 0.246 e. The molecule has 1 unspecified atom stereocenters. The third-order valence-corrected chi connectivity index (χ3v) is 3.81. The molecule has 0 saturated carbocycles. The number of carbonyl (C=O) groups is 1. The van der Waals surface area contributed by atoms with Crippen LogP contribution in [0.15, 0.2) is 30.3 Å². The zero-order chi connectivity index (χ0) is 15.1. The molecule has 5 heteroatoms. The molecule has 0 aromatic heterocycles. The lowest BCUT2D eigenvalue weighted by Crippen LogP contribution is -2.46. The number of piperidine rings is 1. The minimum absolute atomic E-state index is 0. The first kappa shape index (κ1) is 18.5. The van der Waals surface area contributed by atoms with Gasteiger partial charge in [0.05, 0.1) is 6.61 Å². The van der Waals surface area contributed by atoms with Crippen molar-refractivity contribution in [2.45, 2.75) is 32.2 Å². The quantitative estimate of drug-likeness (QED) is 0.847. The fourth-order valence-electron chi connectivity index (χ4n) is 2.70. The molecule has 4 nitrogen and oxygen atoms in total. The Balaban J connectivity index is 0.00000242. The van der Waals surface area contributed by atoms with Crippen LogP contribution < -0.4 is 10.5 Å². The molecule has 0 spiro atoms. The molecule has 2 rings (SSSR count). The number of hydrogen-bond acceptors (Lipinski definition) is 3. The van der Waals surface area contributed by atoms with Crippen LogP contribution in [0.2, 0.25) is 0 Å². The average Bonchev–Trinajstić information content (AvgIpc) is 2.54. The van der Waals surface area contributed by atoms with Gasteiger partial charge in [-0.25, -0.2) is 0 Å². The fraction of sp³-hybridized carbons (Fsp3) is 0.471. The number of benzene rings is 1. The molecular weight excluding hydrogens is 300 g/mol. The van der Waals surface area contributed by atoms with Gasteiger partial charge >= 0.3 is 0 Å². The van der Waals surface area contributed by atoms with Gasteiger partial charge in [0.25, 0.3) is 0 Å². The minimum atomic E-state index is 0. The number of para-hydroxylation sites is 1. The van der Waals surface area contributed by atoms with Crippen LogP contribution in [0.25, 0.3) is 6.08 Å². The number of halogens is 1. The molecule has 1 aliphatic heterocycles. The SMILES string of the molecule is CCOc1ccccc1C=CC(=O)N1CCCCC1CN.Cl. The van der Waals surface area contributed by atoms with E-state index in [0.29, 0.717) is 13.2 Å². The Labute approximate surface area is 138 Å². The summed E-state index contributed by atoms with van der Waals surface area (Å²) in [5.74, 6) is 0.842. The van der Waals surface area contributed by atoms with Gasteiger partial charge < -0.3 is 15.4 Å². The lowest BCUT2D eigenvalue weighted by molar-refractivity contribution is -0.129. The van der Waals surface area contributed by atoms with Crippen LogP contribution in [0, 0.1) is 0 Å². The molecule has 1 atom stereocenters. The average molecular weight is 325 g/mol. The number of carbonyl (C=O) groups excluding carboxylic acids is 1. The van der Waals surface area contributed by atoms with E-state index in [2.05, 4.69) is 0 Å². The highest BCUT2D eigenvalue weighted by Crippen LogP contribution is 2.21. The van der Waals surface area contributed by atoms with Crippen LogP contribution in [-0.2, 0) is 4.79 Å². The number of rotatable bonds is 5. The molecule has 22 heavy (non-hydrogen) atoms. The summed E-state index contributed by atoms with van der Waals surface area (Å²) in [6, 6.07) is 7.91. The number of nitrogens with two attached hydrogens (primary N) is 1. The van der Waals surface area contributed by atoms with E-state index in [9.17, 15) is 4.79 Å². The predicted molar refractivity (Wildman–Crippen MR) is 92.3 cm³/mol. The second-order valence-electron chi connectivity index (χ2n) is 5.22. The van der Waals surface area contributed by atoms with E-state index in [-0.39, 0.29) is 24.4 Å². The third-order valence-electron chi connectivity index (χ3n) is 3.81. The Morgan fingerprint density at radius 3 is 2.91 bits per heavy atom. The first-order valence-electron chi connectivity index (χ1n) is 7.66. The van der Waals surface area contributed by atoms with Crippen LogP contribution in [0.5, 0.6) is 5.75 Å². The molecular formula is C17H25ClN2O2. The summed E-state index contributed by atoms with van der Waals surface area (Å²) < 4.78 is 5.56. The Bertz CT molecular complexity index is 505. The van der Waals surface area contributed by atoms with E-state index in [1.807, 2.05) is 42.2 Å². The van der Waals surface area contributed by atoms with Gasteiger partial charge in [0.15, 0.2) is 0 Å². The number of amides is 1. The molecule has 0 radical (unpaired) electrons. The summed E-state index contributed by atoms with van der Waals surface area (Å²) in [6.45, 7) is 3.90. The summed E-state index contributed by atoms with van der Waals surface area (Å²) in [6.07, 6.45) is 6.68. The van der Waals surface area contributed by atoms with Crippen molar-refractivity contribution in [3.05, 3.63) is 35.9 Å². The van der Waals surface area contributed by atoms with Crippen molar-refractivity contribution in [3.8, 4) is 5.75 Å². The maximum Gasteiger partial charge on any atom is 0.246 e. The molecule has 122 valence electrons. The highest BCUT2D eigenvalue weighted by Gasteiger charge is 2.23. The van der Waals surface area contributed by atoms with Crippen molar-refractivity contribution >= 4 is 24.4 Å². The highest BCUT2D eigenvalue weighted by atomic mass is 35.5. The lowest BCUT2D eigenvalue weighted by atomic mass is 10.0. The first-order chi connectivity index (χ1) is 10.3. The monoisotopic (exact) mass is 324 g/mol. The van der Waals surface area contributed by atoms with Gasteiger partial charge in [0, 0.05) is 30.8 Å². The van der Waals surface area contributed by atoms with Crippen molar-refractivity contribution in [2.75, 3.05) is 19.7 Å². The standard InChI is InChI=1S/C17H24N2O2.ClH/c1-2-21-16-9-4-3-7-14(16)10-11-17(20)19-12-6-5-8-15(19)13-18;/h3-4,7,9-11,15H,2,5-6,8,12-13,18H2,1H3;1H. The molecule has 1 aromatic carbocycles. The maximum atomic E-state index is 12.4. The summed E-state index contributed by atoms with van der Waals surface area (Å²) in [5, 5.41) is 0. The normalized spacial score (nSPS) is 18.1. The number of nitrogens with zero attached hydrogens (tertiary/aromatic N) is 1. The molecule has 1 aliphatic rings. The first-order valence-corrected chi connectivity index (χ1v) is 7.66. The molecule has 2 N–H and O–H groups in total. The summed E-state index contributed by atoms with van der Waals surface area (Å²) in [7, 11) is 0. The largest absolute Gasteiger partial charge is 0.493 e. The molecule has 1 fully saturated rings. The number of likely N-dealkylation sites (tertiary alicyclic amines) is 1. The lowest BCUT2D eigenvalue weighted by Gasteiger charge is -2.34. The van der Waals surface area contributed by atoms with E-state index < -0.39 is 0 Å². The summed E-state index contributed by atoms with van der Waals surface area (Å²) in [4.78, 5) is 14.2. The fourth-order valence-corrected chi connectivity index (χ4v) is 2.70. The Kier molecular flexibility index (Phi) is 7.99. The Morgan fingerprint density at radius 2 is 2.18 bits per heavy atom. The van der Waals surface area contributed by atoms with E-state index in [0.717, 1.165) is 37.1 Å². The van der Waals surface area contributed by atoms with Gasteiger partial charge in [0.1, 0.15) is 5.75 Å². The Hall–Kier alpha value is -1.52. The Morgan fingerprint density at radius 1 is 1.41 bits per heavy atom. The van der Waals surface area contributed by atoms with E-state index in [1.165, 1.54) is 0 Å². The maximum absolute atomic E-state index is 12.4. The van der Waals surface area contributed by atoms with Crippen LogP contribution >= 0.6 is 12.4 Å².